The van der Waals surface area contributed by atoms with Gasteiger partial charge in [-0.25, -0.2) is 0 Å². The monoisotopic (exact) mass is 495 g/mol. The Morgan fingerprint density at radius 1 is 1.28 bits per heavy atom. The largest absolute Gasteiger partial charge is 0.351 e. The first-order valence-corrected chi connectivity index (χ1v) is 14.1. The first-order chi connectivity index (χ1) is 15.4. The van der Waals surface area contributed by atoms with E-state index in [1.54, 1.807) is 11.3 Å². The molecular formula is C25H35Cl2N3OS. The molecule has 3 fully saturated rings. The van der Waals surface area contributed by atoms with Crippen molar-refractivity contribution in [3.63, 3.8) is 0 Å². The van der Waals surface area contributed by atoms with Crippen molar-refractivity contribution < 1.29 is 4.79 Å². The van der Waals surface area contributed by atoms with Gasteiger partial charge in [0.25, 0.3) is 5.91 Å². The van der Waals surface area contributed by atoms with Crippen LogP contribution in [-0.4, -0.2) is 35.6 Å². The van der Waals surface area contributed by atoms with Gasteiger partial charge in [-0.15, -0.1) is 22.9 Å². The van der Waals surface area contributed by atoms with Gasteiger partial charge in [-0.2, -0.15) is 5.10 Å². The van der Waals surface area contributed by atoms with E-state index in [9.17, 15) is 4.79 Å². The third-order valence-electron chi connectivity index (χ3n) is 8.88. The fraction of sp³-hybridized carbons (Fsp3) is 0.760. The molecule has 7 heteroatoms. The predicted octanol–water partition coefficient (Wildman–Crippen LogP) is 6.27. The zero-order valence-electron chi connectivity index (χ0n) is 19.2. The quantitative estimate of drug-likeness (QED) is 0.340. The second kappa shape index (κ2) is 9.11. The van der Waals surface area contributed by atoms with Gasteiger partial charge in [0.2, 0.25) is 0 Å². The molecular weight excluding hydrogens is 461 g/mol. The van der Waals surface area contributed by atoms with Crippen LogP contribution in [0, 0.1) is 29.1 Å². The highest BCUT2D eigenvalue weighted by Crippen LogP contribution is 2.61. The van der Waals surface area contributed by atoms with Crippen molar-refractivity contribution in [2.75, 3.05) is 19.0 Å². The van der Waals surface area contributed by atoms with Gasteiger partial charge < -0.3 is 5.32 Å². The molecule has 2 bridgehead atoms. The van der Waals surface area contributed by atoms with E-state index in [2.05, 4.69) is 30.2 Å². The summed E-state index contributed by atoms with van der Waals surface area (Å²) >= 11 is 13.9. The molecule has 5 unspecified atom stereocenters. The van der Waals surface area contributed by atoms with E-state index in [1.165, 1.54) is 29.7 Å². The topological polar surface area (TPSA) is 44.7 Å². The molecule has 4 aliphatic carbocycles. The third kappa shape index (κ3) is 4.01. The molecule has 32 heavy (non-hydrogen) atoms. The summed E-state index contributed by atoms with van der Waals surface area (Å²) in [7, 11) is 0. The minimum absolute atomic E-state index is 0.0484. The summed E-state index contributed by atoms with van der Waals surface area (Å²) in [6.45, 7) is 6.49. The van der Waals surface area contributed by atoms with Crippen LogP contribution in [0.25, 0.3) is 0 Å². The van der Waals surface area contributed by atoms with Crippen LogP contribution in [0.2, 0.25) is 4.34 Å². The van der Waals surface area contributed by atoms with Crippen molar-refractivity contribution in [2.24, 2.45) is 34.2 Å². The average molecular weight is 497 g/mol. The molecule has 6 rings (SSSR count). The van der Waals surface area contributed by atoms with Crippen LogP contribution in [-0.2, 0) is 11.2 Å². The van der Waals surface area contributed by atoms with Crippen molar-refractivity contribution in [1.29, 1.82) is 0 Å². The number of rotatable bonds is 8. The number of hydrogen-bond donors (Lipinski definition) is 1. The van der Waals surface area contributed by atoms with Crippen LogP contribution >= 0.6 is 34.5 Å². The maximum Gasteiger partial charge on any atom is 0.267 e. The van der Waals surface area contributed by atoms with Crippen LogP contribution in [0.3, 0.4) is 0 Å². The number of carbonyl (C=O) groups excluding carboxylic acids is 1. The number of nitrogens with one attached hydrogen (secondary N) is 1. The van der Waals surface area contributed by atoms with Crippen LogP contribution in [0.15, 0.2) is 11.2 Å². The van der Waals surface area contributed by atoms with Gasteiger partial charge in [0.15, 0.2) is 0 Å². The van der Waals surface area contributed by atoms with Gasteiger partial charge in [-0.3, -0.25) is 9.80 Å². The molecule has 1 N–H and O–H groups in total. The van der Waals surface area contributed by atoms with Crippen LogP contribution in [0.4, 0.5) is 0 Å². The SMILES string of the molecule is CC1(C)C2CCC(CNC(=O)C3=NN(CCCCCCl)C4c5cc(Cl)sc5CCC34)C1C2. The molecule has 5 atom stereocenters. The van der Waals surface area contributed by atoms with Gasteiger partial charge in [0.1, 0.15) is 5.71 Å². The minimum Gasteiger partial charge on any atom is -0.351 e. The molecule has 0 aromatic carbocycles. The maximum absolute atomic E-state index is 13.4. The van der Waals surface area contributed by atoms with Crippen molar-refractivity contribution >= 4 is 46.2 Å². The van der Waals surface area contributed by atoms with Gasteiger partial charge >= 0.3 is 0 Å². The van der Waals surface area contributed by atoms with Crippen LogP contribution in [0.1, 0.15) is 75.3 Å². The Hall–Kier alpha value is -0.780. The van der Waals surface area contributed by atoms with Crippen molar-refractivity contribution in [3.05, 3.63) is 20.8 Å². The van der Waals surface area contributed by atoms with Gasteiger partial charge in [-0.05, 0) is 79.7 Å². The van der Waals surface area contributed by atoms with Crippen LogP contribution in [0.5, 0.6) is 0 Å². The minimum atomic E-state index is 0.0484. The lowest BCUT2D eigenvalue weighted by molar-refractivity contribution is -0.119. The lowest BCUT2D eigenvalue weighted by atomic mass is 9.45. The van der Waals surface area contributed by atoms with Crippen molar-refractivity contribution in [2.45, 2.75) is 71.3 Å². The summed E-state index contributed by atoms with van der Waals surface area (Å²) in [5, 5.41) is 10.4. The molecule has 0 radical (unpaired) electrons. The van der Waals surface area contributed by atoms with Crippen molar-refractivity contribution in [1.82, 2.24) is 10.3 Å². The Labute approximate surface area is 206 Å². The number of thiophene rings is 1. The number of aryl methyl sites for hydroxylation is 1. The number of unbranched alkanes of at least 4 members (excludes halogenated alkanes) is 2. The summed E-state index contributed by atoms with van der Waals surface area (Å²) in [5.74, 6) is 3.16. The normalized spacial score (nSPS) is 32.1. The molecule has 4 nitrogen and oxygen atoms in total. The van der Waals surface area contributed by atoms with Gasteiger partial charge in [0, 0.05) is 29.8 Å². The van der Waals surface area contributed by atoms with Crippen LogP contribution < -0.4 is 5.32 Å². The summed E-state index contributed by atoms with van der Waals surface area (Å²) in [5.41, 5.74) is 2.47. The van der Waals surface area contributed by atoms with E-state index >= 15 is 0 Å². The highest BCUT2D eigenvalue weighted by molar-refractivity contribution is 7.16. The molecule has 0 saturated heterocycles. The van der Waals surface area contributed by atoms with E-state index < -0.39 is 0 Å². The number of carbonyl (C=O) groups is 1. The number of hydrazone groups is 1. The molecule has 1 amide bonds. The Morgan fingerprint density at radius 2 is 2.12 bits per heavy atom. The molecule has 1 aromatic heterocycles. The van der Waals surface area contributed by atoms with E-state index in [-0.39, 0.29) is 17.9 Å². The van der Waals surface area contributed by atoms with E-state index in [1.807, 2.05) is 0 Å². The first-order valence-electron chi connectivity index (χ1n) is 12.4. The Morgan fingerprint density at radius 3 is 2.88 bits per heavy atom. The lowest BCUT2D eigenvalue weighted by Gasteiger charge is -2.60. The fourth-order valence-corrected chi connectivity index (χ4v) is 8.44. The molecule has 5 aliphatic rings. The number of fused-ring (bicyclic) bond motifs is 5. The zero-order chi connectivity index (χ0) is 22.5. The highest BCUT2D eigenvalue weighted by Gasteiger charge is 2.54. The average Bonchev–Trinajstić information content (AvgIpc) is 3.34. The fourth-order valence-electron chi connectivity index (χ4n) is 6.91. The number of amides is 1. The predicted molar refractivity (Wildman–Crippen MR) is 134 cm³/mol. The zero-order valence-corrected chi connectivity index (χ0v) is 21.5. The summed E-state index contributed by atoms with van der Waals surface area (Å²) < 4.78 is 0.842. The first kappa shape index (κ1) is 23.0. The molecule has 2 heterocycles. The van der Waals surface area contributed by atoms with E-state index in [0.29, 0.717) is 17.2 Å². The summed E-state index contributed by atoms with van der Waals surface area (Å²) in [6, 6.07) is 2.26. The highest BCUT2D eigenvalue weighted by atomic mass is 35.5. The Bertz CT molecular complexity index is 896. The lowest BCUT2D eigenvalue weighted by Crippen LogP contribution is -2.55. The standard InChI is InChI=1S/C25H35Cl2N3OS/c1-25(2)16-7-6-15(19(25)12-16)14-28-24(31)22-17-8-9-20-18(13-21(27)32-20)23(17)30(29-22)11-5-3-4-10-26/h13,15-17,19,23H,3-12,14H2,1-2H3,(H,28,31). The Balaban J connectivity index is 1.28. The second-order valence-electron chi connectivity index (χ2n) is 10.8. The van der Waals surface area contributed by atoms with Gasteiger partial charge in [-0.1, -0.05) is 31.9 Å². The molecule has 0 spiro atoms. The maximum atomic E-state index is 13.4. The van der Waals surface area contributed by atoms with Crippen molar-refractivity contribution in [3.8, 4) is 0 Å². The van der Waals surface area contributed by atoms with E-state index in [0.717, 1.165) is 67.1 Å². The number of hydrogen-bond acceptors (Lipinski definition) is 4. The molecule has 1 aliphatic heterocycles. The summed E-state index contributed by atoms with van der Waals surface area (Å²) in [6.07, 6.45) is 9.02. The third-order valence-corrected chi connectivity index (χ3v) is 10.5. The smallest absolute Gasteiger partial charge is 0.267 e. The number of halogens is 2. The Kier molecular flexibility index (Phi) is 6.54. The number of nitrogens with zero attached hydrogens (tertiary/aromatic N) is 2. The summed E-state index contributed by atoms with van der Waals surface area (Å²) in [4.78, 5) is 14.7. The van der Waals surface area contributed by atoms with Gasteiger partial charge in [0.05, 0.1) is 10.4 Å². The van der Waals surface area contributed by atoms with E-state index in [4.69, 9.17) is 28.3 Å². The molecule has 3 saturated carbocycles. The second-order valence-corrected chi connectivity index (χ2v) is 13.0. The molecule has 1 aromatic rings. The molecule has 176 valence electrons. The number of alkyl halides is 1.